The first kappa shape index (κ1) is 23.5. The molecule has 2 aliphatic heterocycles. The summed E-state index contributed by atoms with van der Waals surface area (Å²) >= 11 is 0. The molecule has 2 heterocycles. The van der Waals surface area contributed by atoms with Crippen LogP contribution < -0.4 is 5.32 Å². The Hall–Kier alpha value is -3.29. The number of fused-ring (bicyclic) bond motifs is 1. The molecule has 0 saturated carbocycles. The summed E-state index contributed by atoms with van der Waals surface area (Å²) in [5.41, 5.74) is 2.85. The van der Waals surface area contributed by atoms with E-state index in [1.807, 2.05) is 30.3 Å². The summed E-state index contributed by atoms with van der Waals surface area (Å²) in [6, 6.07) is 20.2. The molecule has 2 aliphatic rings. The maximum absolute atomic E-state index is 14.2. The summed E-state index contributed by atoms with van der Waals surface area (Å²) in [5, 5.41) is 13.0. The minimum absolute atomic E-state index is 0.0226. The van der Waals surface area contributed by atoms with Gasteiger partial charge in [-0.25, -0.2) is 13.6 Å². The van der Waals surface area contributed by atoms with E-state index in [9.17, 15) is 18.7 Å². The molecule has 5 rings (SSSR count). The molecule has 2 amide bonds. The van der Waals surface area contributed by atoms with E-state index < -0.39 is 5.82 Å². The van der Waals surface area contributed by atoms with Crippen LogP contribution in [0.3, 0.4) is 0 Å². The summed E-state index contributed by atoms with van der Waals surface area (Å²) in [7, 11) is 0. The van der Waals surface area contributed by atoms with Crippen LogP contribution in [0.4, 0.5) is 19.3 Å². The lowest BCUT2D eigenvalue weighted by Gasteiger charge is -2.57. The topological polar surface area (TPSA) is 55.8 Å². The minimum Gasteiger partial charge on any atom is -0.395 e. The van der Waals surface area contributed by atoms with Crippen LogP contribution in [0.2, 0.25) is 0 Å². The lowest BCUT2D eigenvalue weighted by Crippen LogP contribution is -2.68. The highest BCUT2D eigenvalue weighted by atomic mass is 19.1. The molecule has 2 N–H and O–H groups in total. The minimum atomic E-state index is -0.398. The van der Waals surface area contributed by atoms with Gasteiger partial charge in [-0.1, -0.05) is 48.5 Å². The number of nitrogens with zero attached hydrogens (tertiary/aromatic N) is 2. The van der Waals surface area contributed by atoms with Crippen LogP contribution in [0.5, 0.6) is 0 Å². The molecule has 5 nitrogen and oxygen atoms in total. The fraction of sp³-hybridized carbons (Fsp3) is 0.321. The van der Waals surface area contributed by atoms with E-state index in [1.54, 1.807) is 29.2 Å². The summed E-state index contributed by atoms with van der Waals surface area (Å²) in [4.78, 5) is 17.1. The Kier molecular flexibility index (Phi) is 6.79. The van der Waals surface area contributed by atoms with Crippen molar-refractivity contribution in [3.05, 3.63) is 90.0 Å². The van der Waals surface area contributed by atoms with Gasteiger partial charge in [0.1, 0.15) is 11.6 Å². The number of halogens is 2. The van der Waals surface area contributed by atoms with E-state index in [1.165, 1.54) is 18.2 Å². The Morgan fingerprint density at radius 3 is 2.49 bits per heavy atom. The molecule has 3 aromatic carbocycles. The summed E-state index contributed by atoms with van der Waals surface area (Å²) in [5.74, 6) is -0.606. The Morgan fingerprint density at radius 2 is 1.74 bits per heavy atom. The molecule has 2 fully saturated rings. The Bertz CT molecular complexity index is 1190. The van der Waals surface area contributed by atoms with E-state index in [0.29, 0.717) is 24.3 Å². The number of carbonyl (C=O) groups is 1. The molecular weight excluding hydrogens is 448 g/mol. The zero-order valence-corrected chi connectivity index (χ0v) is 19.4. The van der Waals surface area contributed by atoms with E-state index in [2.05, 4.69) is 10.2 Å². The quantitative estimate of drug-likeness (QED) is 0.551. The van der Waals surface area contributed by atoms with Gasteiger partial charge >= 0.3 is 6.03 Å². The van der Waals surface area contributed by atoms with E-state index in [0.717, 1.165) is 30.5 Å². The molecule has 182 valence electrons. The molecule has 7 heteroatoms. The third-order valence-corrected chi connectivity index (χ3v) is 7.21. The van der Waals surface area contributed by atoms with Crippen molar-refractivity contribution in [1.82, 2.24) is 9.80 Å². The second kappa shape index (κ2) is 10.1. The SMILES string of the molecule is O=C(Nc1cccc(F)c1)N1CCCCN2[C@@H](CO)[C@@H](c3ccc(-c4ccccc4F)cc3)[C@@H]2C1. The van der Waals surface area contributed by atoms with Gasteiger partial charge in [-0.05, 0) is 54.8 Å². The maximum atomic E-state index is 14.2. The summed E-state index contributed by atoms with van der Waals surface area (Å²) in [6.07, 6.45) is 1.79. The third-order valence-electron chi connectivity index (χ3n) is 7.21. The van der Waals surface area contributed by atoms with Gasteiger partial charge in [0.05, 0.1) is 6.61 Å². The first-order chi connectivity index (χ1) is 17.0. The zero-order valence-electron chi connectivity index (χ0n) is 19.4. The van der Waals surface area contributed by atoms with Gasteiger partial charge in [-0.3, -0.25) is 4.90 Å². The van der Waals surface area contributed by atoms with Crippen molar-refractivity contribution in [3.63, 3.8) is 0 Å². The Morgan fingerprint density at radius 1 is 0.971 bits per heavy atom. The van der Waals surface area contributed by atoms with Crippen LogP contribution in [0, 0.1) is 11.6 Å². The Labute approximate surface area is 204 Å². The number of nitrogens with one attached hydrogen (secondary N) is 1. The van der Waals surface area contributed by atoms with Gasteiger partial charge in [0, 0.05) is 42.3 Å². The van der Waals surface area contributed by atoms with Crippen LogP contribution in [-0.2, 0) is 0 Å². The highest BCUT2D eigenvalue weighted by molar-refractivity contribution is 5.89. The highest BCUT2D eigenvalue weighted by Gasteiger charge is 2.49. The molecule has 35 heavy (non-hydrogen) atoms. The number of aliphatic hydroxyl groups excluding tert-OH is 1. The number of hydrogen-bond acceptors (Lipinski definition) is 3. The van der Waals surface area contributed by atoms with Crippen LogP contribution in [0.1, 0.15) is 24.3 Å². The normalized spacial score (nSPS) is 22.5. The van der Waals surface area contributed by atoms with Crippen molar-refractivity contribution < 1.29 is 18.7 Å². The van der Waals surface area contributed by atoms with Crippen LogP contribution >= 0.6 is 0 Å². The van der Waals surface area contributed by atoms with Gasteiger partial charge < -0.3 is 15.3 Å². The average molecular weight is 478 g/mol. The molecule has 0 bridgehead atoms. The first-order valence-electron chi connectivity index (χ1n) is 12.1. The molecule has 3 atom stereocenters. The van der Waals surface area contributed by atoms with Gasteiger partial charge in [-0.2, -0.15) is 0 Å². The number of rotatable bonds is 4. The molecule has 0 aliphatic carbocycles. The second-order valence-corrected chi connectivity index (χ2v) is 9.28. The predicted octanol–water partition coefficient (Wildman–Crippen LogP) is 5.09. The van der Waals surface area contributed by atoms with Crippen LogP contribution in [0.25, 0.3) is 11.1 Å². The van der Waals surface area contributed by atoms with Crippen molar-refractivity contribution in [2.45, 2.75) is 30.8 Å². The zero-order chi connectivity index (χ0) is 24.4. The number of amides is 2. The Balaban J connectivity index is 1.35. The molecule has 0 aromatic heterocycles. The lowest BCUT2D eigenvalue weighted by molar-refractivity contribution is -0.0585. The van der Waals surface area contributed by atoms with Crippen molar-refractivity contribution in [2.24, 2.45) is 0 Å². The second-order valence-electron chi connectivity index (χ2n) is 9.28. The smallest absolute Gasteiger partial charge is 0.321 e. The number of benzene rings is 3. The van der Waals surface area contributed by atoms with Crippen LogP contribution in [-0.4, -0.2) is 59.3 Å². The average Bonchev–Trinajstić information content (AvgIpc) is 2.84. The fourth-order valence-electron chi connectivity index (χ4n) is 5.47. The summed E-state index contributed by atoms with van der Waals surface area (Å²) in [6.45, 7) is 2.04. The summed E-state index contributed by atoms with van der Waals surface area (Å²) < 4.78 is 27.8. The van der Waals surface area contributed by atoms with Crippen molar-refractivity contribution in [2.75, 3.05) is 31.6 Å². The monoisotopic (exact) mass is 477 g/mol. The maximum Gasteiger partial charge on any atom is 0.321 e. The fourth-order valence-corrected chi connectivity index (χ4v) is 5.47. The molecule has 0 radical (unpaired) electrons. The number of anilines is 1. The van der Waals surface area contributed by atoms with Crippen molar-refractivity contribution in [3.8, 4) is 11.1 Å². The molecular formula is C28H29F2N3O2. The number of carbonyl (C=O) groups excluding carboxylic acids is 1. The molecule has 3 aromatic rings. The van der Waals surface area contributed by atoms with Gasteiger partial charge in [-0.15, -0.1) is 0 Å². The lowest BCUT2D eigenvalue weighted by atomic mass is 9.74. The largest absolute Gasteiger partial charge is 0.395 e. The molecule has 2 saturated heterocycles. The van der Waals surface area contributed by atoms with Gasteiger partial charge in [0.15, 0.2) is 0 Å². The number of hydrogen-bond donors (Lipinski definition) is 2. The first-order valence-corrected chi connectivity index (χ1v) is 12.1. The van der Waals surface area contributed by atoms with Gasteiger partial charge in [0.25, 0.3) is 0 Å². The molecule has 0 unspecified atom stereocenters. The highest BCUT2D eigenvalue weighted by Crippen LogP contribution is 2.42. The van der Waals surface area contributed by atoms with E-state index >= 15 is 0 Å². The standard InChI is InChI=1S/C28H29F2N3O2/c29-21-6-5-7-22(16-21)31-28(35)32-14-3-4-15-33-25(17-32)27(26(33)18-34)20-12-10-19(11-13-20)23-8-1-2-9-24(23)30/h1-2,5-13,16,25-27,34H,3-4,14-15,17-18H2,(H,31,35)/t25-,26-,27-/m0/s1. The molecule has 0 spiro atoms. The van der Waals surface area contributed by atoms with Crippen LogP contribution in [0.15, 0.2) is 72.8 Å². The number of urea groups is 1. The van der Waals surface area contributed by atoms with Crippen molar-refractivity contribution in [1.29, 1.82) is 0 Å². The van der Waals surface area contributed by atoms with E-state index in [-0.39, 0.29) is 36.5 Å². The van der Waals surface area contributed by atoms with E-state index in [4.69, 9.17) is 0 Å². The third kappa shape index (κ3) is 4.79. The number of aliphatic hydroxyl groups is 1. The van der Waals surface area contributed by atoms with Crippen molar-refractivity contribution >= 4 is 11.7 Å². The predicted molar refractivity (Wildman–Crippen MR) is 132 cm³/mol. The van der Waals surface area contributed by atoms with Gasteiger partial charge in [0.2, 0.25) is 0 Å².